The number of hydrogen-bond donors (Lipinski definition) is 0. The van der Waals surface area contributed by atoms with Crippen molar-refractivity contribution in [3.8, 4) is 5.75 Å². The lowest BCUT2D eigenvalue weighted by Gasteiger charge is -2.18. The summed E-state index contributed by atoms with van der Waals surface area (Å²) in [6.07, 6.45) is 1.60. The smallest absolute Gasteiger partial charge is 0.363 e. The highest BCUT2D eigenvalue weighted by Gasteiger charge is 2.25. The van der Waals surface area contributed by atoms with Crippen molar-refractivity contribution in [2.45, 2.75) is 26.2 Å². The number of aliphatic imine (C=N–C) groups is 1. The van der Waals surface area contributed by atoms with Crippen LogP contribution in [-0.2, 0) is 14.9 Å². The van der Waals surface area contributed by atoms with Gasteiger partial charge >= 0.3 is 5.97 Å². The number of hydrogen-bond acceptors (Lipinski definition) is 5. The van der Waals surface area contributed by atoms with E-state index in [0.29, 0.717) is 16.8 Å². The lowest BCUT2D eigenvalue weighted by molar-refractivity contribution is -0.129. The number of methoxy groups -OCH3 is 1. The van der Waals surface area contributed by atoms with Crippen LogP contribution in [0, 0.1) is 0 Å². The Bertz CT molecular complexity index is 1210. The Balaban J connectivity index is 1.67. The van der Waals surface area contributed by atoms with E-state index in [1.54, 1.807) is 19.3 Å². The van der Waals surface area contributed by atoms with Gasteiger partial charge < -0.3 is 9.47 Å². The summed E-state index contributed by atoms with van der Waals surface area (Å²) in [6.45, 7) is 6.44. The molecule has 3 aromatic rings. The lowest BCUT2D eigenvalue weighted by atomic mass is 9.87. The van der Waals surface area contributed by atoms with Gasteiger partial charge in [-0.25, -0.2) is 14.8 Å². The molecular weight excluding hydrogens is 400 g/mol. The second-order valence-corrected chi connectivity index (χ2v) is 8.45. The van der Waals surface area contributed by atoms with Crippen LogP contribution in [0.1, 0.15) is 37.5 Å². The number of benzene rings is 2. The van der Waals surface area contributed by atoms with Crippen LogP contribution in [0.15, 0.2) is 59.2 Å². The molecule has 0 N–H and O–H groups in total. The minimum absolute atomic E-state index is 0.0433. The van der Waals surface area contributed by atoms with Gasteiger partial charge in [0, 0.05) is 22.6 Å². The third kappa shape index (κ3) is 3.94. The number of carbonyl (C=O) groups excluding carboxylic acids is 1. The predicted molar refractivity (Wildman–Crippen MR) is 119 cm³/mol. The van der Waals surface area contributed by atoms with Crippen LogP contribution in [0.4, 0.5) is 0 Å². The summed E-state index contributed by atoms with van der Waals surface area (Å²) in [5.41, 5.74) is 3.46. The van der Waals surface area contributed by atoms with Crippen LogP contribution in [0.3, 0.4) is 0 Å². The number of aromatic nitrogens is 1. The van der Waals surface area contributed by atoms with E-state index in [4.69, 9.17) is 21.1 Å². The van der Waals surface area contributed by atoms with Gasteiger partial charge in [0.05, 0.1) is 12.6 Å². The molecule has 1 aromatic heterocycles. The van der Waals surface area contributed by atoms with E-state index in [1.165, 1.54) is 5.56 Å². The molecule has 0 bridgehead atoms. The van der Waals surface area contributed by atoms with Gasteiger partial charge in [-0.05, 0) is 47.4 Å². The molecule has 6 heteroatoms. The first-order valence-corrected chi connectivity index (χ1v) is 9.90. The fourth-order valence-electron chi connectivity index (χ4n) is 3.16. The van der Waals surface area contributed by atoms with Gasteiger partial charge in [-0.1, -0.05) is 44.5 Å². The van der Waals surface area contributed by atoms with Crippen molar-refractivity contribution in [2.24, 2.45) is 4.99 Å². The van der Waals surface area contributed by atoms with Crippen LogP contribution in [-0.4, -0.2) is 24.0 Å². The Kier molecular flexibility index (Phi) is 5.08. The first kappa shape index (κ1) is 20.1. The molecule has 0 spiro atoms. The van der Waals surface area contributed by atoms with E-state index in [0.717, 1.165) is 10.9 Å². The molecule has 0 saturated heterocycles. The number of cyclic esters (lactones) is 1. The minimum atomic E-state index is -0.518. The molecular formula is C24H21ClN2O3. The maximum Gasteiger partial charge on any atom is 0.363 e. The van der Waals surface area contributed by atoms with E-state index < -0.39 is 5.97 Å². The number of carbonyl (C=O) groups is 1. The Morgan fingerprint density at radius 2 is 1.80 bits per heavy atom. The molecule has 152 valence electrons. The molecule has 0 radical (unpaired) electrons. The average molecular weight is 421 g/mol. The lowest BCUT2D eigenvalue weighted by Crippen LogP contribution is -2.11. The number of pyridine rings is 1. The SMILES string of the molecule is COc1ccc2cc(/C=C3\N=C(c4ccc(C(C)(C)C)cc4)OC3=O)c(Cl)nc2c1. The molecule has 0 amide bonds. The summed E-state index contributed by atoms with van der Waals surface area (Å²) >= 11 is 6.34. The maximum atomic E-state index is 12.4. The zero-order chi connectivity index (χ0) is 21.5. The van der Waals surface area contributed by atoms with Crippen molar-refractivity contribution in [1.29, 1.82) is 0 Å². The summed E-state index contributed by atoms with van der Waals surface area (Å²) in [4.78, 5) is 21.1. The molecule has 2 heterocycles. The first-order chi connectivity index (χ1) is 14.2. The van der Waals surface area contributed by atoms with Crippen LogP contribution in [0.5, 0.6) is 5.75 Å². The zero-order valence-corrected chi connectivity index (χ0v) is 17.9. The van der Waals surface area contributed by atoms with Gasteiger partial charge in [-0.3, -0.25) is 0 Å². The van der Waals surface area contributed by atoms with Crippen molar-refractivity contribution in [3.05, 3.63) is 76.1 Å². The van der Waals surface area contributed by atoms with E-state index in [1.807, 2.05) is 42.5 Å². The number of fused-ring (bicyclic) bond motifs is 1. The van der Waals surface area contributed by atoms with Gasteiger partial charge in [0.25, 0.3) is 0 Å². The Hall–Kier alpha value is -3.18. The highest BCUT2D eigenvalue weighted by Crippen LogP contribution is 2.28. The van der Waals surface area contributed by atoms with Gasteiger partial charge in [0.1, 0.15) is 10.9 Å². The molecule has 0 unspecified atom stereocenters. The number of nitrogens with zero attached hydrogens (tertiary/aromatic N) is 2. The molecule has 1 aliphatic heterocycles. The summed E-state index contributed by atoms with van der Waals surface area (Å²) in [6, 6.07) is 15.3. The molecule has 5 nitrogen and oxygen atoms in total. The van der Waals surface area contributed by atoms with Crippen molar-refractivity contribution in [3.63, 3.8) is 0 Å². The van der Waals surface area contributed by atoms with Gasteiger partial charge in [0.2, 0.25) is 5.90 Å². The van der Waals surface area contributed by atoms with Gasteiger partial charge in [0.15, 0.2) is 5.70 Å². The van der Waals surface area contributed by atoms with Gasteiger partial charge in [-0.2, -0.15) is 0 Å². The van der Waals surface area contributed by atoms with Crippen molar-refractivity contribution >= 4 is 40.4 Å². The summed E-state index contributed by atoms with van der Waals surface area (Å²) < 4.78 is 10.6. The number of ether oxygens (including phenoxy) is 2. The minimum Gasteiger partial charge on any atom is -0.497 e. The Morgan fingerprint density at radius 3 is 2.47 bits per heavy atom. The number of esters is 1. The second-order valence-electron chi connectivity index (χ2n) is 8.09. The summed E-state index contributed by atoms with van der Waals surface area (Å²) in [7, 11) is 1.60. The topological polar surface area (TPSA) is 60.8 Å². The highest BCUT2D eigenvalue weighted by molar-refractivity contribution is 6.31. The fraction of sp³-hybridized carbons (Fsp3) is 0.208. The average Bonchev–Trinajstić information content (AvgIpc) is 3.08. The zero-order valence-electron chi connectivity index (χ0n) is 17.2. The molecule has 30 heavy (non-hydrogen) atoms. The number of rotatable bonds is 3. The van der Waals surface area contributed by atoms with Crippen LogP contribution >= 0.6 is 11.6 Å². The van der Waals surface area contributed by atoms with E-state index in [9.17, 15) is 4.79 Å². The van der Waals surface area contributed by atoms with Gasteiger partial charge in [-0.15, -0.1) is 0 Å². The Labute approximate surface area is 180 Å². The third-order valence-electron chi connectivity index (χ3n) is 4.92. The van der Waals surface area contributed by atoms with Crippen molar-refractivity contribution in [2.75, 3.05) is 7.11 Å². The summed E-state index contributed by atoms with van der Waals surface area (Å²) in [5.74, 6) is 0.459. The monoisotopic (exact) mass is 420 g/mol. The van der Waals surface area contributed by atoms with Crippen LogP contribution in [0.2, 0.25) is 5.15 Å². The fourth-order valence-corrected chi connectivity index (χ4v) is 3.36. The quantitative estimate of drug-likeness (QED) is 0.317. The van der Waals surface area contributed by atoms with E-state index in [2.05, 4.69) is 30.7 Å². The standard InChI is InChI=1S/C24H21ClN2O3/c1-24(2,3)17-8-5-14(6-9-17)22-27-20(23(28)30-22)12-16-11-15-7-10-18(29-4)13-19(15)26-21(16)25/h5-13H,1-4H3/b20-12-. The molecule has 0 fully saturated rings. The van der Waals surface area contributed by atoms with Crippen molar-refractivity contribution < 1.29 is 14.3 Å². The molecule has 1 aliphatic rings. The Morgan fingerprint density at radius 1 is 1.07 bits per heavy atom. The predicted octanol–water partition coefficient (Wildman–Crippen LogP) is 5.54. The normalized spacial score (nSPS) is 15.4. The molecule has 0 saturated carbocycles. The maximum absolute atomic E-state index is 12.4. The highest BCUT2D eigenvalue weighted by atomic mass is 35.5. The second kappa shape index (κ2) is 7.58. The molecule has 0 aliphatic carbocycles. The molecule has 0 atom stereocenters. The molecule has 4 rings (SSSR count). The largest absolute Gasteiger partial charge is 0.497 e. The van der Waals surface area contributed by atoms with Crippen molar-refractivity contribution in [1.82, 2.24) is 4.98 Å². The van der Waals surface area contributed by atoms with E-state index in [-0.39, 0.29) is 22.2 Å². The first-order valence-electron chi connectivity index (χ1n) is 9.52. The van der Waals surface area contributed by atoms with Crippen LogP contribution < -0.4 is 4.74 Å². The third-order valence-corrected chi connectivity index (χ3v) is 5.22. The van der Waals surface area contributed by atoms with E-state index >= 15 is 0 Å². The van der Waals surface area contributed by atoms with Crippen LogP contribution in [0.25, 0.3) is 17.0 Å². The number of halogens is 1. The summed E-state index contributed by atoms with van der Waals surface area (Å²) in [5, 5.41) is 1.15. The molecule has 2 aromatic carbocycles.